The minimum absolute atomic E-state index is 0.142. The molecule has 0 aromatic heterocycles. The van der Waals surface area contributed by atoms with Crippen molar-refractivity contribution in [2.45, 2.75) is 65.1 Å². The Kier molecular flexibility index (Phi) is 12.5. The summed E-state index contributed by atoms with van der Waals surface area (Å²) in [5, 5.41) is 7.89. The second kappa shape index (κ2) is 13.7. The van der Waals surface area contributed by atoms with E-state index in [1.54, 1.807) is 13.8 Å². The van der Waals surface area contributed by atoms with Crippen molar-refractivity contribution in [3.05, 3.63) is 36.5 Å². The van der Waals surface area contributed by atoms with E-state index in [-0.39, 0.29) is 29.7 Å². The molecule has 0 amide bonds. The van der Waals surface area contributed by atoms with Crippen LogP contribution in [0.1, 0.15) is 52.9 Å². The number of hydrogen-bond donors (Lipinski definition) is 1. The molecule has 1 saturated carbocycles. The van der Waals surface area contributed by atoms with Crippen LogP contribution >= 0.6 is 0 Å². The maximum absolute atomic E-state index is 11.1. The summed E-state index contributed by atoms with van der Waals surface area (Å²) in [5.74, 6) is -1.51. The molecular weight excluding hydrogens is 364 g/mol. The fourth-order valence-electron chi connectivity index (χ4n) is 1.89. The average Bonchev–Trinajstić information content (AvgIpc) is 3.45. The van der Waals surface area contributed by atoms with Gasteiger partial charge in [-0.25, -0.2) is 14.4 Å². The van der Waals surface area contributed by atoms with Crippen LogP contribution in [0, 0.1) is 0 Å². The highest BCUT2D eigenvalue weighted by Crippen LogP contribution is 2.20. The number of carboxylic acid groups (broad SMARTS) is 1. The molecule has 1 aliphatic heterocycles. The lowest BCUT2D eigenvalue weighted by Gasteiger charge is -2.21. The first-order chi connectivity index (χ1) is 13.0. The molecule has 1 N–H and O–H groups in total. The van der Waals surface area contributed by atoms with E-state index in [0.29, 0.717) is 24.4 Å². The van der Waals surface area contributed by atoms with E-state index in [9.17, 15) is 14.4 Å². The average molecular weight is 396 g/mol. The Balaban J connectivity index is 0.000000414. The molecule has 7 heteroatoms. The first-order valence-corrected chi connectivity index (χ1v) is 9.24. The minimum Gasteiger partial charge on any atom is -0.478 e. The van der Waals surface area contributed by atoms with Crippen LogP contribution in [0.15, 0.2) is 36.5 Å². The van der Waals surface area contributed by atoms with Crippen LogP contribution in [0.5, 0.6) is 0 Å². The van der Waals surface area contributed by atoms with E-state index in [4.69, 9.17) is 19.3 Å². The van der Waals surface area contributed by atoms with Crippen molar-refractivity contribution >= 4 is 17.9 Å². The summed E-state index contributed by atoms with van der Waals surface area (Å²) in [6.07, 6.45) is 6.01. The molecule has 1 aliphatic carbocycles. The predicted octanol–water partition coefficient (Wildman–Crippen LogP) is 3.59. The number of epoxide rings is 1. The highest BCUT2D eigenvalue weighted by molar-refractivity contribution is 5.87. The maximum atomic E-state index is 11.1. The van der Waals surface area contributed by atoms with Gasteiger partial charge in [0.25, 0.3) is 0 Å². The Morgan fingerprint density at radius 1 is 0.929 bits per heavy atom. The summed E-state index contributed by atoms with van der Waals surface area (Å²) in [6.45, 7) is 16.0. The molecule has 0 aromatic rings. The monoisotopic (exact) mass is 396 g/mol. The zero-order valence-electron chi connectivity index (χ0n) is 17.1. The number of carboxylic acids is 1. The van der Waals surface area contributed by atoms with E-state index in [1.165, 1.54) is 26.2 Å². The number of hydrogen-bond acceptors (Lipinski definition) is 6. The molecule has 1 unspecified atom stereocenters. The highest BCUT2D eigenvalue weighted by atomic mass is 16.6. The van der Waals surface area contributed by atoms with Gasteiger partial charge in [0, 0.05) is 16.7 Å². The Morgan fingerprint density at radius 3 is 1.75 bits per heavy atom. The second-order valence-electron chi connectivity index (χ2n) is 6.87. The maximum Gasteiger partial charge on any atom is 0.333 e. The standard InChI is InChI=1S/C10H16O2.C7H10O3.C4H6O2/c1-8(2)10(11)12-9-6-4-3-5-7-9;1-5(2)7(8)10-4-6-3-9-6;1-3(2)4(5)6/h9H,1,3-7H2,2H3;6H,1,3-4H2,2H3;1H2,2H3,(H,5,6). The number of ether oxygens (including phenoxy) is 3. The highest BCUT2D eigenvalue weighted by Gasteiger charge is 2.24. The zero-order valence-corrected chi connectivity index (χ0v) is 17.1. The Labute approximate surface area is 167 Å². The molecule has 0 spiro atoms. The second-order valence-corrected chi connectivity index (χ2v) is 6.87. The molecule has 1 saturated heterocycles. The number of aliphatic carboxylic acids is 1. The van der Waals surface area contributed by atoms with Crippen LogP contribution in [0.3, 0.4) is 0 Å². The zero-order chi connectivity index (χ0) is 21.7. The van der Waals surface area contributed by atoms with Crippen molar-refractivity contribution in [2.24, 2.45) is 0 Å². The summed E-state index contributed by atoms with van der Waals surface area (Å²) < 4.78 is 14.8. The van der Waals surface area contributed by atoms with Gasteiger partial charge in [0.05, 0.1) is 6.61 Å². The molecule has 0 radical (unpaired) electrons. The van der Waals surface area contributed by atoms with Gasteiger partial charge in [-0.05, 0) is 46.5 Å². The molecule has 158 valence electrons. The smallest absolute Gasteiger partial charge is 0.333 e. The fraction of sp³-hybridized carbons (Fsp3) is 0.571. The lowest BCUT2D eigenvalue weighted by atomic mass is 9.98. The number of carbonyl (C=O) groups is 3. The van der Waals surface area contributed by atoms with E-state index in [0.717, 1.165) is 12.8 Å². The number of esters is 2. The van der Waals surface area contributed by atoms with Crippen LogP contribution in [-0.2, 0) is 28.6 Å². The van der Waals surface area contributed by atoms with Crippen LogP contribution < -0.4 is 0 Å². The van der Waals surface area contributed by atoms with Gasteiger partial charge in [0.1, 0.15) is 18.8 Å². The van der Waals surface area contributed by atoms with Gasteiger partial charge in [-0.2, -0.15) is 0 Å². The molecule has 2 fully saturated rings. The molecule has 1 heterocycles. The summed E-state index contributed by atoms with van der Waals surface area (Å²) in [4.78, 5) is 31.4. The lowest BCUT2D eigenvalue weighted by molar-refractivity contribution is -0.145. The Morgan fingerprint density at radius 2 is 1.39 bits per heavy atom. The number of carbonyl (C=O) groups excluding carboxylic acids is 2. The lowest BCUT2D eigenvalue weighted by Crippen LogP contribution is -2.20. The summed E-state index contributed by atoms with van der Waals surface area (Å²) >= 11 is 0. The molecule has 0 bridgehead atoms. The molecule has 7 nitrogen and oxygen atoms in total. The summed E-state index contributed by atoms with van der Waals surface area (Å²) in [7, 11) is 0. The van der Waals surface area contributed by atoms with Crippen LogP contribution in [-0.4, -0.2) is 48.4 Å². The van der Waals surface area contributed by atoms with Gasteiger partial charge in [-0.15, -0.1) is 0 Å². The van der Waals surface area contributed by atoms with Gasteiger partial charge in [0.15, 0.2) is 0 Å². The van der Waals surface area contributed by atoms with Crippen LogP contribution in [0.2, 0.25) is 0 Å². The fourth-order valence-corrected chi connectivity index (χ4v) is 1.89. The van der Waals surface area contributed by atoms with Gasteiger partial charge in [-0.3, -0.25) is 0 Å². The van der Waals surface area contributed by atoms with Gasteiger partial charge in [-0.1, -0.05) is 26.2 Å². The van der Waals surface area contributed by atoms with E-state index in [2.05, 4.69) is 19.7 Å². The third-order valence-corrected chi connectivity index (χ3v) is 3.69. The van der Waals surface area contributed by atoms with Gasteiger partial charge < -0.3 is 19.3 Å². The quantitative estimate of drug-likeness (QED) is 0.416. The molecular formula is C21H32O7. The van der Waals surface area contributed by atoms with E-state index in [1.807, 2.05) is 0 Å². The molecule has 0 aromatic carbocycles. The molecule has 2 rings (SSSR count). The summed E-state index contributed by atoms with van der Waals surface area (Å²) in [6, 6.07) is 0. The van der Waals surface area contributed by atoms with Crippen LogP contribution in [0.4, 0.5) is 0 Å². The van der Waals surface area contributed by atoms with E-state index >= 15 is 0 Å². The Bertz CT molecular complexity index is 570. The molecule has 1 atom stereocenters. The van der Waals surface area contributed by atoms with Crippen molar-refractivity contribution in [3.8, 4) is 0 Å². The Hall–Kier alpha value is -2.41. The van der Waals surface area contributed by atoms with Crippen molar-refractivity contribution in [3.63, 3.8) is 0 Å². The number of rotatable bonds is 6. The van der Waals surface area contributed by atoms with Gasteiger partial charge >= 0.3 is 17.9 Å². The third-order valence-electron chi connectivity index (χ3n) is 3.69. The SMILES string of the molecule is C=C(C)C(=O)O.C=C(C)C(=O)OC1CCCCC1.C=C(C)C(=O)OCC1CO1. The summed E-state index contributed by atoms with van der Waals surface area (Å²) in [5.41, 5.74) is 1.11. The van der Waals surface area contributed by atoms with Crippen molar-refractivity contribution in [2.75, 3.05) is 13.2 Å². The van der Waals surface area contributed by atoms with Gasteiger partial charge in [0.2, 0.25) is 0 Å². The largest absolute Gasteiger partial charge is 0.478 e. The topological polar surface area (TPSA) is 102 Å². The van der Waals surface area contributed by atoms with Crippen molar-refractivity contribution < 1.29 is 33.7 Å². The van der Waals surface area contributed by atoms with Crippen LogP contribution in [0.25, 0.3) is 0 Å². The van der Waals surface area contributed by atoms with Crippen molar-refractivity contribution in [1.29, 1.82) is 0 Å². The first-order valence-electron chi connectivity index (χ1n) is 9.24. The third kappa shape index (κ3) is 13.7. The molecule has 2 aliphatic rings. The normalized spacial score (nSPS) is 17.5. The predicted molar refractivity (Wildman–Crippen MR) is 106 cm³/mol. The van der Waals surface area contributed by atoms with E-state index < -0.39 is 5.97 Å². The molecule has 28 heavy (non-hydrogen) atoms. The van der Waals surface area contributed by atoms with Crippen molar-refractivity contribution in [1.82, 2.24) is 0 Å². The minimum atomic E-state index is -0.935. The first kappa shape index (κ1) is 25.6.